The van der Waals surface area contributed by atoms with Gasteiger partial charge in [-0.15, -0.1) is 0 Å². The van der Waals surface area contributed by atoms with Gasteiger partial charge in [-0.2, -0.15) is 0 Å². The second kappa shape index (κ2) is 5.06. The monoisotopic (exact) mass is 275 g/mol. The molecule has 2 aromatic carbocycles. The van der Waals surface area contributed by atoms with Crippen molar-refractivity contribution in [2.75, 3.05) is 5.32 Å². The summed E-state index contributed by atoms with van der Waals surface area (Å²) in [5, 5.41) is 11.4. The number of anilines is 2. The van der Waals surface area contributed by atoms with E-state index in [2.05, 4.69) is 10.3 Å². The molecule has 0 fully saturated rings. The van der Waals surface area contributed by atoms with Gasteiger partial charge in [-0.1, -0.05) is 18.2 Å². The number of para-hydroxylation sites is 1. The first kappa shape index (κ1) is 13.0. The molecule has 6 nitrogen and oxygen atoms in total. The summed E-state index contributed by atoms with van der Waals surface area (Å²) in [4.78, 5) is 2.40. The fourth-order valence-corrected chi connectivity index (χ4v) is 2.21. The van der Waals surface area contributed by atoms with Gasteiger partial charge < -0.3 is 9.87 Å². The number of rotatable bonds is 3. The smallest absolute Gasteiger partial charge is 0.386 e. The highest BCUT2D eigenvalue weighted by atomic mass is 32.2. The lowest BCUT2D eigenvalue weighted by Crippen LogP contribution is -2.03. The van der Waals surface area contributed by atoms with Crippen molar-refractivity contribution in [1.82, 2.24) is 0 Å². The first-order valence-electron chi connectivity index (χ1n) is 5.28. The summed E-state index contributed by atoms with van der Waals surface area (Å²) in [6.45, 7) is 0. The van der Waals surface area contributed by atoms with Crippen molar-refractivity contribution in [2.45, 2.75) is 4.90 Å². The molecule has 2 rings (SSSR count). The lowest BCUT2D eigenvalue weighted by Gasteiger charge is -2.13. The van der Waals surface area contributed by atoms with Crippen molar-refractivity contribution in [3.8, 4) is 0 Å². The Balaban J connectivity index is 2.49. The highest BCUT2D eigenvalue weighted by molar-refractivity contribution is 7.86. The van der Waals surface area contributed by atoms with Gasteiger partial charge in [-0.05, 0) is 18.2 Å². The standard InChI is InChI=1S/C12H9N3O3S/c13-15-10-6-7-11(12(8-10)19(16,17)18)14-9-4-2-1-3-5-9/h1-8,14H. The van der Waals surface area contributed by atoms with E-state index in [1.807, 2.05) is 6.07 Å². The molecule has 0 atom stereocenters. The molecule has 0 bridgehead atoms. The van der Waals surface area contributed by atoms with E-state index in [-0.39, 0.29) is 11.4 Å². The van der Waals surface area contributed by atoms with Gasteiger partial charge in [0.05, 0.1) is 16.6 Å². The van der Waals surface area contributed by atoms with E-state index < -0.39 is 15.0 Å². The van der Waals surface area contributed by atoms with Crippen LogP contribution in [0.4, 0.5) is 17.1 Å². The first-order valence-corrected chi connectivity index (χ1v) is 6.68. The largest absolute Gasteiger partial charge is 0.744 e. The van der Waals surface area contributed by atoms with Gasteiger partial charge in [-0.25, -0.2) is 8.42 Å². The molecular weight excluding hydrogens is 266 g/mol. The minimum atomic E-state index is -4.67. The normalized spacial score (nSPS) is 10.7. The average Bonchev–Trinajstić information content (AvgIpc) is 2.39. The number of diazo groups is 1. The van der Waals surface area contributed by atoms with Crippen molar-refractivity contribution in [1.29, 1.82) is 5.39 Å². The fraction of sp³-hybridized carbons (Fsp3) is 0. The van der Waals surface area contributed by atoms with Crippen LogP contribution in [0.15, 0.2) is 53.4 Å². The zero-order valence-corrected chi connectivity index (χ0v) is 10.5. The van der Waals surface area contributed by atoms with Gasteiger partial charge in [0.25, 0.3) is 0 Å². The zero-order chi connectivity index (χ0) is 13.9. The Labute approximate surface area is 110 Å². The van der Waals surface area contributed by atoms with Crippen LogP contribution >= 0.6 is 0 Å². The van der Waals surface area contributed by atoms with Crippen LogP contribution in [-0.4, -0.2) is 13.0 Å². The Bertz CT molecular complexity index is 737. The third kappa shape index (κ3) is 3.07. The summed E-state index contributed by atoms with van der Waals surface area (Å²) in [5.74, 6) is 0. The second-order valence-corrected chi connectivity index (χ2v) is 5.07. The SMILES string of the molecule is N#[N+]c1ccc(Nc2ccccc2)c(S(=O)(=O)[O-])c1. The molecule has 0 aliphatic carbocycles. The van der Waals surface area contributed by atoms with E-state index in [4.69, 9.17) is 5.39 Å². The third-order valence-electron chi connectivity index (χ3n) is 2.40. The maximum absolute atomic E-state index is 11.2. The molecular formula is C12H9N3O3S. The lowest BCUT2D eigenvalue weighted by atomic mass is 10.2. The molecule has 0 aliphatic heterocycles. The maximum Gasteiger partial charge on any atom is 0.386 e. The van der Waals surface area contributed by atoms with Crippen LogP contribution in [0.25, 0.3) is 4.98 Å². The van der Waals surface area contributed by atoms with Crippen LogP contribution < -0.4 is 5.32 Å². The lowest BCUT2D eigenvalue weighted by molar-refractivity contribution is 0.463. The number of benzene rings is 2. The molecule has 0 saturated carbocycles. The molecule has 0 heterocycles. The topological polar surface area (TPSA) is 97.4 Å². The number of hydrogen-bond acceptors (Lipinski definition) is 5. The predicted octanol–water partition coefficient (Wildman–Crippen LogP) is 2.82. The van der Waals surface area contributed by atoms with Crippen LogP contribution in [0.2, 0.25) is 0 Å². The van der Waals surface area contributed by atoms with Crippen molar-refractivity contribution in [2.24, 2.45) is 0 Å². The Morgan fingerprint density at radius 3 is 2.37 bits per heavy atom. The Morgan fingerprint density at radius 2 is 1.79 bits per heavy atom. The van der Waals surface area contributed by atoms with Crippen LogP contribution in [0.5, 0.6) is 0 Å². The summed E-state index contributed by atoms with van der Waals surface area (Å²) >= 11 is 0. The van der Waals surface area contributed by atoms with Gasteiger partial charge in [-0.3, -0.25) is 0 Å². The van der Waals surface area contributed by atoms with E-state index in [9.17, 15) is 13.0 Å². The predicted molar refractivity (Wildman–Crippen MR) is 68.9 cm³/mol. The Hall–Kier alpha value is -2.43. The summed E-state index contributed by atoms with van der Waals surface area (Å²) < 4.78 is 33.6. The van der Waals surface area contributed by atoms with E-state index in [0.29, 0.717) is 5.69 Å². The van der Waals surface area contributed by atoms with Gasteiger partial charge in [0.15, 0.2) is 4.98 Å². The molecule has 0 saturated heterocycles. The van der Waals surface area contributed by atoms with E-state index in [1.165, 1.54) is 12.1 Å². The third-order valence-corrected chi connectivity index (χ3v) is 3.28. The van der Waals surface area contributed by atoms with Crippen molar-refractivity contribution in [3.05, 3.63) is 53.5 Å². The molecule has 2 aromatic rings. The van der Waals surface area contributed by atoms with Crippen LogP contribution in [-0.2, 0) is 10.1 Å². The van der Waals surface area contributed by atoms with E-state index >= 15 is 0 Å². The molecule has 0 aliphatic rings. The van der Waals surface area contributed by atoms with Crippen LogP contribution in [0.1, 0.15) is 0 Å². The molecule has 0 aromatic heterocycles. The molecule has 7 heteroatoms. The van der Waals surface area contributed by atoms with Crippen molar-refractivity contribution in [3.63, 3.8) is 0 Å². The zero-order valence-electron chi connectivity index (χ0n) is 9.65. The highest BCUT2D eigenvalue weighted by Crippen LogP contribution is 2.28. The van der Waals surface area contributed by atoms with Crippen molar-refractivity contribution < 1.29 is 13.0 Å². The minimum Gasteiger partial charge on any atom is -0.744 e. The van der Waals surface area contributed by atoms with Gasteiger partial charge in [0.2, 0.25) is 5.39 Å². The summed E-state index contributed by atoms with van der Waals surface area (Å²) in [6, 6.07) is 12.6. The number of nitrogens with zero attached hydrogens (tertiary/aromatic N) is 2. The van der Waals surface area contributed by atoms with Gasteiger partial charge in [0.1, 0.15) is 10.1 Å². The molecule has 0 spiro atoms. The molecule has 0 radical (unpaired) electrons. The molecule has 19 heavy (non-hydrogen) atoms. The number of nitrogens with one attached hydrogen (secondary N) is 1. The summed E-state index contributed by atoms with van der Waals surface area (Å²) in [5.41, 5.74) is 0.766. The van der Waals surface area contributed by atoms with Crippen LogP contribution in [0, 0.1) is 5.39 Å². The summed E-state index contributed by atoms with van der Waals surface area (Å²) in [7, 11) is -4.67. The second-order valence-electron chi connectivity index (χ2n) is 3.73. The van der Waals surface area contributed by atoms with E-state index in [1.54, 1.807) is 24.3 Å². The quantitative estimate of drug-likeness (QED) is 0.686. The highest BCUT2D eigenvalue weighted by Gasteiger charge is 2.15. The average molecular weight is 275 g/mol. The summed E-state index contributed by atoms with van der Waals surface area (Å²) in [6.07, 6.45) is 0. The Morgan fingerprint density at radius 1 is 1.11 bits per heavy atom. The van der Waals surface area contributed by atoms with Gasteiger partial charge >= 0.3 is 5.69 Å². The fourth-order valence-electron chi connectivity index (χ4n) is 1.56. The maximum atomic E-state index is 11.2. The van der Waals surface area contributed by atoms with E-state index in [0.717, 1.165) is 6.07 Å². The first-order chi connectivity index (χ1) is 9.00. The Kier molecular flexibility index (Phi) is 3.46. The van der Waals surface area contributed by atoms with Crippen LogP contribution in [0.3, 0.4) is 0 Å². The molecule has 1 N–H and O–H groups in total. The van der Waals surface area contributed by atoms with Crippen molar-refractivity contribution >= 4 is 27.2 Å². The molecule has 0 amide bonds. The van der Waals surface area contributed by atoms with Gasteiger partial charge in [0, 0.05) is 11.8 Å². The number of hydrogen-bond donors (Lipinski definition) is 1. The molecule has 96 valence electrons. The molecule has 0 unspecified atom stereocenters. The minimum absolute atomic E-state index is 0.00645.